The number of hydrogen-bond acceptors (Lipinski definition) is 6. The van der Waals surface area contributed by atoms with E-state index in [1.165, 1.54) is 11.3 Å². The normalized spacial score (nSPS) is 18.8. The van der Waals surface area contributed by atoms with Crippen LogP contribution in [-0.2, 0) is 0 Å². The first-order valence-electron chi connectivity index (χ1n) is 5.77. The summed E-state index contributed by atoms with van der Waals surface area (Å²) in [5.41, 5.74) is -1.29. The molecule has 2 heterocycles. The van der Waals surface area contributed by atoms with Gasteiger partial charge in [0.15, 0.2) is 5.75 Å². The highest BCUT2D eigenvalue weighted by Gasteiger charge is 2.24. The summed E-state index contributed by atoms with van der Waals surface area (Å²) in [5.74, 6) is 0.298. The molecule has 19 heavy (non-hydrogen) atoms. The van der Waals surface area contributed by atoms with Crippen LogP contribution in [0.15, 0.2) is 31.7 Å². The van der Waals surface area contributed by atoms with Crippen LogP contribution < -0.4 is 10.9 Å². The maximum atomic E-state index is 11.4. The Morgan fingerprint density at radius 3 is 2.79 bits per heavy atom. The lowest BCUT2D eigenvalue weighted by Gasteiger charge is -2.11. The van der Waals surface area contributed by atoms with Crippen LogP contribution >= 0.6 is 11.3 Å². The molecule has 1 aliphatic rings. The SMILES string of the molecule is CC1=NC(c2ccc(-c3c(O)c(=O)c3=O)s2)CC=N1. The second-order valence-electron chi connectivity index (χ2n) is 4.32. The van der Waals surface area contributed by atoms with E-state index in [2.05, 4.69) is 9.98 Å². The van der Waals surface area contributed by atoms with Gasteiger partial charge in [-0.25, -0.2) is 4.99 Å². The Kier molecular flexibility index (Phi) is 2.67. The maximum absolute atomic E-state index is 11.4. The zero-order chi connectivity index (χ0) is 13.6. The number of aromatic hydroxyl groups is 1. The van der Waals surface area contributed by atoms with Crippen LogP contribution in [0.5, 0.6) is 5.75 Å². The number of hydrogen-bond donors (Lipinski definition) is 1. The van der Waals surface area contributed by atoms with Crippen LogP contribution in [0.4, 0.5) is 0 Å². The number of aliphatic imine (C=N–C) groups is 2. The van der Waals surface area contributed by atoms with E-state index in [0.717, 1.165) is 17.1 Å². The van der Waals surface area contributed by atoms with Crippen LogP contribution in [0.25, 0.3) is 10.4 Å². The quantitative estimate of drug-likeness (QED) is 0.846. The van der Waals surface area contributed by atoms with Crippen LogP contribution in [0.2, 0.25) is 0 Å². The fourth-order valence-corrected chi connectivity index (χ4v) is 3.15. The minimum atomic E-state index is -0.802. The average Bonchev–Trinajstić information content (AvgIpc) is 2.88. The first-order valence-corrected chi connectivity index (χ1v) is 6.59. The van der Waals surface area contributed by atoms with Gasteiger partial charge in [-0.05, 0) is 19.1 Å². The molecule has 0 amide bonds. The van der Waals surface area contributed by atoms with E-state index in [1.807, 2.05) is 19.2 Å². The lowest BCUT2D eigenvalue weighted by atomic mass is 10.1. The highest BCUT2D eigenvalue weighted by atomic mass is 32.1. The molecule has 2 aromatic rings. The Balaban J connectivity index is 1.95. The Labute approximate surface area is 112 Å². The average molecular weight is 274 g/mol. The zero-order valence-electron chi connectivity index (χ0n) is 10.1. The number of thiophene rings is 1. The van der Waals surface area contributed by atoms with Gasteiger partial charge in [-0.2, -0.15) is 0 Å². The molecule has 6 heteroatoms. The molecule has 0 radical (unpaired) electrons. The molecule has 0 bridgehead atoms. The first kappa shape index (κ1) is 12.0. The summed E-state index contributed by atoms with van der Waals surface area (Å²) < 4.78 is 0. The van der Waals surface area contributed by atoms with Crippen molar-refractivity contribution in [1.82, 2.24) is 0 Å². The lowest BCUT2D eigenvalue weighted by Crippen LogP contribution is -2.31. The van der Waals surface area contributed by atoms with E-state index in [4.69, 9.17) is 0 Å². The van der Waals surface area contributed by atoms with Crippen molar-refractivity contribution >= 4 is 23.4 Å². The molecule has 0 saturated carbocycles. The molecule has 0 fully saturated rings. The van der Waals surface area contributed by atoms with Crippen molar-refractivity contribution in [2.75, 3.05) is 0 Å². The zero-order valence-corrected chi connectivity index (χ0v) is 10.9. The van der Waals surface area contributed by atoms with E-state index >= 15 is 0 Å². The lowest BCUT2D eigenvalue weighted by molar-refractivity contribution is 0.466. The van der Waals surface area contributed by atoms with Gasteiger partial charge in [-0.3, -0.25) is 14.6 Å². The van der Waals surface area contributed by atoms with Gasteiger partial charge in [0.2, 0.25) is 5.43 Å². The predicted octanol–water partition coefficient (Wildman–Crippen LogP) is 1.65. The summed E-state index contributed by atoms with van der Waals surface area (Å²) >= 11 is 1.38. The molecule has 1 unspecified atom stereocenters. The van der Waals surface area contributed by atoms with E-state index in [1.54, 1.807) is 6.07 Å². The molecule has 96 valence electrons. The van der Waals surface area contributed by atoms with Gasteiger partial charge in [0.05, 0.1) is 11.6 Å². The van der Waals surface area contributed by atoms with Crippen LogP contribution in [0, 0.1) is 0 Å². The summed E-state index contributed by atoms with van der Waals surface area (Å²) in [6.07, 6.45) is 2.54. The molecule has 1 N–H and O–H groups in total. The molecule has 1 aliphatic heterocycles. The van der Waals surface area contributed by atoms with Crippen molar-refractivity contribution in [3.8, 4) is 16.2 Å². The van der Waals surface area contributed by atoms with E-state index in [9.17, 15) is 14.7 Å². The third-order valence-corrected chi connectivity index (χ3v) is 4.24. The van der Waals surface area contributed by atoms with E-state index in [0.29, 0.717) is 4.88 Å². The minimum absolute atomic E-state index is 0.00451. The van der Waals surface area contributed by atoms with E-state index in [-0.39, 0.29) is 11.6 Å². The first-order chi connectivity index (χ1) is 9.08. The van der Waals surface area contributed by atoms with Gasteiger partial charge in [0.1, 0.15) is 5.84 Å². The predicted molar refractivity (Wildman–Crippen MR) is 75.3 cm³/mol. The van der Waals surface area contributed by atoms with Crippen molar-refractivity contribution < 1.29 is 5.11 Å². The number of amidine groups is 1. The second-order valence-corrected chi connectivity index (χ2v) is 5.44. The number of rotatable bonds is 2. The summed E-state index contributed by atoms with van der Waals surface area (Å²) in [5, 5.41) is 9.43. The van der Waals surface area contributed by atoms with Gasteiger partial charge >= 0.3 is 0 Å². The summed E-state index contributed by atoms with van der Waals surface area (Å²) in [7, 11) is 0. The van der Waals surface area contributed by atoms with Crippen molar-refractivity contribution in [2.24, 2.45) is 9.98 Å². The smallest absolute Gasteiger partial charge is 0.268 e. The molecule has 0 saturated heterocycles. The maximum Gasteiger partial charge on any atom is 0.268 e. The minimum Gasteiger partial charge on any atom is -0.503 e. The standard InChI is InChI=1S/C13H10N2O3S/c1-6-14-5-4-7(15-6)8-2-3-9(19-8)10-11(16)13(18)12(10)17/h2-3,5,7,16H,4H2,1H3. The monoisotopic (exact) mass is 274 g/mol. The topological polar surface area (TPSA) is 79.1 Å². The number of nitrogens with zero attached hydrogens (tertiary/aromatic N) is 2. The fraction of sp³-hybridized carbons (Fsp3) is 0.231. The highest BCUT2D eigenvalue weighted by Crippen LogP contribution is 2.36. The van der Waals surface area contributed by atoms with Crippen molar-refractivity contribution in [3.63, 3.8) is 0 Å². The van der Waals surface area contributed by atoms with Crippen molar-refractivity contribution in [2.45, 2.75) is 19.4 Å². The Bertz CT molecular complexity index is 778. The molecular formula is C13H10N2O3S. The third-order valence-electron chi connectivity index (χ3n) is 3.04. The van der Waals surface area contributed by atoms with Gasteiger partial charge in [-0.1, -0.05) is 0 Å². The van der Waals surface area contributed by atoms with Gasteiger partial charge in [0, 0.05) is 22.4 Å². The van der Waals surface area contributed by atoms with Crippen molar-refractivity contribution in [1.29, 1.82) is 0 Å². The summed E-state index contributed by atoms with van der Waals surface area (Å²) in [6, 6.07) is 3.62. The third kappa shape index (κ3) is 1.84. The summed E-state index contributed by atoms with van der Waals surface area (Å²) in [6.45, 7) is 1.83. The molecule has 1 atom stereocenters. The molecule has 0 aliphatic carbocycles. The largest absolute Gasteiger partial charge is 0.503 e. The molecule has 3 rings (SSSR count). The Hall–Kier alpha value is -2.08. The molecule has 1 aromatic carbocycles. The molecule has 0 spiro atoms. The second kappa shape index (κ2) is 4.24. The van der Waals surface area contributed by atoms with Crippen LogP contribution in [0.3, 0.4) is 0 Å². The summed E-state index contributed by atoms with van der Waals surface area (Å²) in [4.78, 5) is 32.5. The van der Waals surface area contributed by atoms with Crippen LogP contribution in [0.1, 0.15) is 24.3 Å². The van der Waals surface area contributed by atoms with Gasteiger partial charge < -0.3 is 5.11 Å². The fourth-order valence-electron chi connectivity index (χ4n) is 2.05. The van der Waals surface area contributed by atoms with Crippen LogP contribution in [-0.4, -0.2) is 17.2 Å². The van der Waals surface area contributed by atoms with Gasteiger partial charge in [0.25, 0.3) is 5.43 Å². The molecule has 5 nitrogen and oxygen atoms in total. The van der Waals surface area contributed by atoms with Crippen molar-refractivity contribution in [3.05, 3.63) is 37.5 Å². The molecule has 1 aromatic heterocycles. The van der Waals surface area contributed by atoms with Gasteiger partial charge in [-0.15, -0.1) is 11.3 Å². The highest BCUT2D eigenvalue weighted by molar-refractivity contribution is 7.15. The van der Waals surface area contributed by atoms with E-state index < -0.39 is 16.6 Å². The Morgan fingerprint density at radius 1 is 1.32 bits per heavy atom. The molecular weight excluding hydrogens is 264 g/mol. The Morgan fingerprint density at radius 2 is 2.11 bits per heavy atom.